The minimum absolute atomic E-state index is 0.270. The third kappa shape index (κ3) is 2.29. The first-order chi connectivity index (χ1) is 9.74. The Morgan fingerprint density at radius 3 is 2.70 bits per heavy atom. The maximum atomic E-state index is 12.1. The van der Waals surface area contributed by atoms with Crippen molar-refractivity contribution in [3.05, 3.63) is 60.4 Å². The number of hydrogen-bond acceptors (Lipinski definition) is 4. The Balaban J connectivity index is 1.96. The molecule has 20 heavy (non-hydrogen) atoms. The largest absolute Gasteiger partial charge is 0.398 e. The number of pyridine rings is 2. The molecule has 1 amide bonds. The van der Waals surface area contributed by atoms with Gasteiger partial charge in [0, 0.05) is 17.3 Å². The third-order valence-electron chi connectivity index (χ3n) is 2.89. The third-order valence-corrected chi connectivity index (χ3v) is 2.89. The van der Waals surface area contributed by atoms with Crippen molar-refractivity contribution in [2.75, 3.05) is 11.1 Å². The molecule has 0 atom stereocenters. The van der Waals surface area contributed by atoms with Crippen molar-refractivity contribution in [2.45, 2.75) is 0 Å². The maximum Gasteiger partial charge on any atom is 0.275 e. The van der Waals surface area contributed by atoms with E-state index in [0.717, 1.165) is 5.39 Å². The van der Waals surface area contributed by atoms with Gasteiger partial charge >= 0.3 is 0 Å². The van der Waals surface area contributed by atoms with Gasteiger partial charge in [-0.25, -0.2) is 9.97 Å². The van der Waals surface area contributed by atoms with Gasteiger partial charge in [0.05, 0.1) is 5.52 Å². The predicted octanol–water partition coefficient (Wildman–Crippen LogP) is 2.46. The highest BCUT2D eigenvalue weighted by molar-refractivity contribution is 6.05. The fraction of sp³-hybridized carbons (Fsp3) is 0. The van der Waals surface area contributed by atoms with Crippen molar-refractivity contribution in [1.82, 2.24) is 9.97 Å². The van der Waals surface area contributed by atoms with E-state index in [1.54, 1.807) is 30.5 Å². The molecular formula is C15H12N4O. The van der Waals surface area contributed by atoms with E-state index in [0.29, 0.717) is 17.0 Å². The fourth-order valence-electron chi connectivity index (χ4n) is 1.94. The number of nitrogens with one attached hydrogen (secondary N) is 1. The van der Waals surface area contributed by atoms with Crippen LogP contribution in [0.5, 0.6) is 0 Å². The van der Waals surface area contributed by atoms with Gasteiger partial charge in [-0.1, -0.05) is 24.3 Å². The molecule has 5 nitrogen and oxygen atoms in total. The number of aromatic nitrogens is 2. The van der Waals surface area contributed by atoms with Crippen molar-refractivity contribution >= 4 is 28.3 Å². The highest BCUT2D eigenvalue weighted by atomic mass is 16.1. The Labute approximate surface area is 115 Å². The fourth-order valence-corrected chi connectivity index (χ4v) is 1.94. The van der Waals surface area contributed by atoms with E-state index in [-0.39, 0.29) is 11.6 Å². The van der Waals surface area contributed by atoms with Crippen molar-refractivity contribution < 1.29 is 4.79 Å². The molecule has 0 aliphatic carbocycles. The normalized spacial score (nSPS) is 10.4. The molecule has 0 bridgehead atoms. The zero-order chi connectivity index (χ0) is 13.9. The molecule has 0 saturated carbocycles. The number of fused-ring (bicyclic) bond motifs is 1. The quantitative estimate of drug-likeness (QED) is 0.745. The molecule has 0 saturated heterocycles. The first-order valence-electron chi connectivity index (χ1n) is 6.12. The van der Waals surface area contributed by atoms with Crippen LogP contribution in [-0.4, -0.2) is 15.9 Å². The van der Waals surface area contributed by atoms with Crippen LogP contribution in [0.4, 0.5) is 11.5 Å². The summed E-state index contributed by atoms with van der Waals surface area (Å²) in [5.41, 5.74) is 7.45. The van der Waals surface area contributed by atoms with E-state index in [4.69, 9.17) is 5.73 Å². The smallest absolute Gasteiger partial charge is 0.275 e. The van der Waals surface area contributed by atoms with Crippen molar-refractivity contribution in [3.8, 4) is 0 Å². The standard InChI is InChI=1S/C15H12N4O/c16-11-9-13(18-12-6-2-1-5-10(11)12)15(20)19-14-7-3-4-8-17-14/h1-9H,(H2,16,18)(H,17,19,20). The molecule has 5 heteroatoms. The van der Waals surface area contributed by atoms with Crippen molar-refractivity contribution in [3.63, 3.8) is 0 Å². The van der Waals surface area contributed by atoms with Crippen LogP contribution in [0.1, 0.15) is 10.5 Å². The summed E-state index contributed by atoms with van der Waals surface area (Å²) < 4.78 is 0. The van der Waals surface area contributed by atoms with Crippen LogP contribution in [-0.2, 0) is 0 Å². The molecule has 1 aromatic carbocycles. The lowest BCUT2D eigenvalue weighted by atomic mass is 10.1. The minimum atomic E-state index is -0.332. The Morgan fingerprint density at radius 1 is 1.10 bits per heavy atom. The predicted molar refractivity (Wildman–Crippen MR) is 78.3 cm³/mol. The lowest BCUT2D eigenvalue weighted by molar-refractivity contribution is 0.102. The van der Waals surface area contributed by atoms with Crippen LogP contribution in [0.3, 0.4) is 0 Å². The summed E-state index contributed by atoms with van der Waals surface area (Å²) in [6.45, 7) is 0. The van der Waals surface area contributed by atoms with Gasteiger partial charge in [-0.3, -0.25) is 4.79 Å². The monoisotopic (exact) mass is 264 g/mol. The van der Waals surface area contributed by atoms with Crippen LogP contribution in [0, 0.1) is 0 Å². The summed E-state index contributed by atoms with van der Waals surface area (Å²) in [6.07, 6.45) is 1.61. The van der Waals surface area contributed by atoms with Gasteiger partial charge in [-0.15, -0.1) is 0 Å². The Bertz CT molecular complexity index is 771. The number of nitrogens with two attached hydrogens (primary N) is 1. The molecule has 3 rings (SSSR count). The number of carbonyl (C=O) groups excluding carboxylic acids is 1. The van der Waals surface area contributed by atoms with Gasteiger partial charge in [0.15, 0.2) is 0 Å². The Kier molecular flexibility index (Phi) is 3.01. The lowest BCUT2D eigenvalue weighted by Crippen LogP contribution is -2.15. The first-order valence-corrected chi connectivity index (χ1v) is 6.12. The van der Waals surface area contributed by atoms with E-state index in [1.165, 1.54) is 0 Å². The number of nitrogens with zero attached hydrogens (tertiary/aromatic N) is 2. The molecule has 3 N–H and O–H groups in total. The summed E-state index contributed by atoms with van der Waals surface area (Å²) in [5.74, 6) is 0.146. The van der Waals surface area contributed by atoms with E-state index in [9.17, 15) is 4.79 Å². The number of rotatable bonds is 2. The molecule has 2 aromatic heterocycles. The van der Waals surface area contributed by atoms with E-state index in [1.807, 2.05) is 24.3 Å². The second-order valence-corrected chi connectivity index (χ2v) is 4.28. The Morgan fingerprint density at radius 2 is 1.90 bits per heavy atom. The molecule has 2 heterocycles. The summed E-state index contributed by atoms with van der Waals surface area (Å²) in [5, 5.41) is 3.52. The molecule has 0 unspecified atom stereocenters. The summed E-state index contributed by atoms with van der Waals surface area (Å²) in [7, 11) is 0. The first kappa shape index (κ1) is 12.1. The van der Waals surface area contributed by atoms with Crippen LogP contribution in [0.15, 0.2) is 54.7 Å². The van der Waals surface area contributed by atoms with Crippen LogP contribution in [0.25, 0.3) is 10.9 Å². The molecule has 98 valence electrons. The molecule has 0 fully saturated rings. The number of para-hydroxylation sites is 1. The average molecular weight is 264 g/mol. The molecule has 0 spiro atoms. The van der Waals surface area contributed by atoms with Crippen molar-refractivity contribution in [2.24, 2.45) is 0 Å². The topological polar surface area (TPSA) is 80.9 Å². The van der Waals surface area contributed by atoms with Gasteiger partial charge in [0.2, 0.25) is 0 Å². The SMILES string of the molecule is Nc1cc(C(=O)Nc2ccccn2)nc2ccccc12. The Hall–Kier alpha value is -2.95. The van der Waals surface area contributed by atoms with Crippen LogP contribution >= 0.6 is 0 Å². The number of nitrogen functional groups attached to an aromatic ring is 1. The lowest BCUT2D eigenvalue weighted by Gasteiger charge is -2.06. The maximum absolute atomic E-state index is 12.1. The van der Waals surface area contributed by atoms with Gasteiger partial charge < -0.3 is 11.1 Å². The molecule has 0 aliphatic heterocycles. The second-order valence-electron chi connectivity index (χ2n) is 4.28. The number of carbonyl (C=O) groups is 1. The van der Waals surface area contributed by atoms with Crippen molar-refractivity contribution in [1.29, 1.82) is 0 Å². The summed E-state index contributed by atoms with van der Waals surface area (Å²) >= 11 is 0. The summed E-state index contributed by atoms with van der Waals surface area (Å²) in [4.78, 5) is 20.5. The highest BCUT2D eigenvalue weighted by Crippen LogP contribution is 2.20. The number of amides is 1. The van der Waals surface area contributed by atoms with E-state index < -0.39 is 0 Å². The van der Waals surface area contributed by atoms with Crippen LogP contribution < -0.4 is 11.1 Å². The average Bonchev–Trinajstić information content (AvgIpc) is 2.48. The minimum Gasteiger partial charge on any atom is -0.398 e. The van der Waals surface area contributed by atoms with E-state index >= 15 is 0 Å². The molecule has 0 aliphatic rings. The molecule has 3 aromatic rings. The van der Waals surface area contributed by atoms with Gasteiger partial charge in [0.1, 0.15) is 11.5 Å². The van der Waals surface area contributed by atoms with Crippen LogP contribution in [0.2, 0.25) is 0 Å². The van der Waals surface area contributed by atoms with Gasteiger partial charge in [-0.05, 0) is 24.3 Å². The zero-order valence-corrected chi connectivity index (χ0v) is 10.6. The number of hydrogen-bond donors (Lipinski definition) is 2. The summed E-state index contributed by atoms with van der Waals surface area (Å²) in [6, 6.07) is 14.3. The van der Waals surface area contributed by atoms with Gasteiger partial charge in [0.25, 0.3) is 5.91 Å². The highest BCUT2D eigenvalue weighted by Gasteiger charge is 2.11. The van der Waals surface area contributed by atoms with Gasteiger partial charge in [-0.2, -0.15) is 0 Å². The second kappa shape index (κ2) is 4.97. The molecule has 0 radical (unpaired) electrons. The zero-order valence-electron chi connectivity index (χ0n) is 10.6. The van der Waals surface area contributed by atoms with E-state index in [2.05, 4.69) is 15.3 Å². The molecular weight excluding hydrogens is 252 g/mol. The number of benzene rings is 1. The number of anilines is 2.